The Morgan fingerprint density at radius 2 is 2.19 bits per heavy atom. The van der Waals surface area contributed by atoms with Crippen molar-refractivity contribution in [2.24, 2.45) is 0 Å². The van der Waals surface area contributed by atoms with E-state index in [1.165, 1.54) is 0 Å². The van der Waals surface area contributed by atoms with E-state index in [9.17, 15) is 4.79 Å². The highest BCUT2D eigenvalue weighted by Gasteiger charge is 2.23. The van der Waals surface area contributed by atoms with Crippen LogP contribution in [0.15, 0.2) is 12.3 Å². The quantitative estimate of drug-likeness (QED) is 0.766. The minimum Gasteiger partial charge on any atom is -0.497 e. The molecule has 0 aromatic carbocycles. The maximum atomic E-state index is 12.1. The highest BCUT2D eigenvalue weighted by molar-refractivity contribution is 5.68. The molecular weight excluding hydrogens is 268 g/mol. The second kappa shape index (κ2) is 8.27. The molecule has 0 fully saturated rings. The molecule has 0 aliphatic carbocycles. The smallest absolute Gasteiger partial charge is 0.410 e. The lowest BCUT2D eigenvalue weighted by atomic mass is 10.1. The summed E-state index contributed by atoms with van der Waals surface area (Å²) >= 11 is 0. The standard InChI is InChI=1S/C16H30N2O3/c1-13(2)18(15(19)21-16(3,4)5)10-9-17-12-14-8-6-7-11-20-14/h7,11,13-14,17H,6,8-10,12H2,1-5H3. The van der Waals surface area contributed by atoms with Gasteiger partial charge in [0.1, 0.15) is 11.7 Å². The lowest BCUT2D eigenvalue weighted by Gasteiger charge is -2.30. The molecule has 1 rings (SSSR count). The molecule has 122 valence electrons. The van der Waals surface area contributed by atoms with Crippen molar-refractivity contribution in [1.82, 2.24) is 10.2 Å². The van der Waals surface area contributed by atoms with Crippen molar-refractivity contribution >= 4 is 6.09 Å². The number of carbonyl (C=O) groups is 1. The molecule has 0 aromatic heterocycles. The Morgan fingerprint density at radius 1 is 1.48 bits per heavy atom. The third-order valence-electron chi connectivity index (χ3n) is 3.18. The van der Waals surface area contributed by atoms with Gasteiger partial charge in [-0.1, -0.05) is 0 Å². The van der Waals surface area contributed by atoms with Crippen LogP contribution in [0.5, 0.6) is 0 Å². The number of hydrogen-bond acceptors (Lipinski definition) is 4. The normalized spacial score (nSPS) is 18.5. The van der Waals surface area contributed by atoms with E-state index >= 15 is 0 Å². The van der Waals surface area contributed by atoms with Crippen molar-refractivity contribution in [3.63, 3.8) is 0 Å². The minimum atomic E-state index is -0.458. The summed E-state index contributed by atoms with van der Waals surface area (Å²) in [7, 11) is 0. The first-order chi connectivity index (χ1) is 9.79. The molecule has 1 aliphatic rings. The topological polar surface area (TPSA) is 50.8 Å². The summed E-state index contributed by atoms with van der Waals surface area (Å²) in [5, 5.41) is 3.35. The number of carbonyl (C=O) groups excluding carboxylic acids is 1. The summed E-state index contributed by atoms with van der Waals surface area (Å²) in [6.07, 6.45) is 5.92. The van der Waals surface area contributed by atoms with Gasteiger partial charge in [0.15, 0.2) is 0 Å². The van der Waals surface area contributed by atoms with Gasteiger partial charge in [0.25, 0.3) is 0 Å². The molecule has 0 radical (unpaired) electrons. The van der Waals surface area contributed by atoms with Crippen molar-refractivity contribution in [3.05, 3.63) is 12.3 Å². The van der Waals surface area contributed by atoms with Gasteiger partial charge < -0.3 is 19.7 Å². The maximum Gasteiger partial charge on any atom is 0.410 e. The van der Waals surface area contributed by atoms with Gasteiger partial charge in [-0.05, 0) is 53.5 Å². The molecule has 0 saturated heterocycles. The SMILES string of the molecule is CC(C)N(CCNCC1CCC=CO1)C(=O)OC(C)(C)C. The predicted molar refractivity (Wildman–Crippen MR) is 84.2 cm³/mol. The van der Waals surface area contributed by atoms with Gasteiger partial charge in [0.05, 0.1) is 6.26 Å². The van der Waals surface area contributed by atoms with Crippen LogP contribution in [-0.4, -0.2) is 48.4 Å². The zero-order chi connectivity index (χ0) is 15.9. The Bertz CT molecular complexity index is 348. The molecule has 1 amide bonds. The molecule has 0 spiro atoms. The zero-order valence-electron chi connectivity index (χ0n) is 14.0. The van der Waals surface area contributed by atoms with Gasteiger partial charge in [-0.15, -0.1) is 0 Å². The van der Waals surface area contributed by atoms with Gasteiger partial charge in [-0.25, -0.2) is 4.79 Å². The van der Waals surface area contributed by atoms with Gasteiger partial charge in [-0.2, -0.15) is 0 Å². The number of hydrogen-bond donors (Lipinski definition) is 1. The Labute approximate surface area is 128 Å². The van der Waals surface area contributed by atoms with Crippen LogP contribution in [0.2, 0.25) is 0 Å². The van der Waals surface area contributed by atoms with Crippen molar-refractivity contribution < 1.29 is 14.3 Å². The van der Waals surface area contributed by atoms with Crippen molar-refractivity contribution in [1.29, 1.82) is 0 Å². The number of nitrogens with zero attached hydrogens (tertiary/aromatic N) is 1. The van der Waals surface area contributed by atoms with E-state index in [0.29, 0.717) is 6.54 Å². The van der Waals surface area contributed by atoms with Gasteiger partial charge in [0, 0.05) is 25.7 Å². The Morgan fingerprint density at radius 3 is 2.71 bits per heavy atom. The third kappa shape index (κ3) is 7.37. The minimum absolute atomic E-state index is 0.121. The second-order valence-electron chi connectivity index (χ2n) is 6.68. The fraction of sp³-hybridized carbons (Fsp3) is 0.812. The fourth-order valence-corrected chi connectivity index (χ4v) is 2.08. The van der Waals surface area contributed by atoms with Crippen LogP contribution in [0.4, 0.5) is 4.79 Å². The Hall–Kier alpha value is -1.23. The number of amides is 1. The summed E-state index contributed by atoms with van der Waals surface area (Å²) in [4.78, 5) is 13.9. The van der Waals surface area contributed by atoms with E-state index in [2.05, 4.69) is 5.32 Å². The summed E-state index contributed by atoms with van der Waals surface area (Å²) in [5.74, 6) is 0. The van der Waals surface area contributed by atoms with Crippen molar-refractivity contribution in [3.8, 4) is 0 Å². The molecule has 5 heteroatoms. The van der Waals surface area contributed by atoms with Gasteiger partial charge >= 0.3 is 6.09 Å². The highest BCUT2D eigenvalue weighted by atomic mass is 16.6. The summed E-state index contributed by atoms with van der Waals surface area (Å²) in [6, 6.07) is 0.121. The Balaban J connectivity index is 2.30. The molecule has 1 unspecified atom stereocenters. The zero-order valence-corrected chi connectivity index (χ0v) is 14.0. The van der Waals surface area contributed by atoms with E-state index in [1.54, 1.807) is 11.2 Å². The average molecular weight is 298 g/mol. The molecule has 1 aliphatic heterocycles. The van der Waals surface area contributed by atoms with E-state index in [1.807, 2.05) is 40.7 Å². The molecule has 1 heterocycles. The van der Waals surface area contributed by atoms with Crippen molar-refractivity contribution in [2.75, 3.05) is 19.6 Å². The van der Waals surface area contributed by atoms with Gasteiger partial charge in [0.2, 0.25) is 0 Å². The summed E-state index contributed by atoms with van der Waals surface area (Å²) < 4.78 is 10.9. The van der Waals surface area contributed by atoms with Crippen LogP contribution >= 0.6 is 0 Å². The van der Waals surface area contributed by atoms with E-state index in [4.69, 9.17) is 9.47 Å². The first-order valence-corrected chi connectivity index (χ1v) is 7.80. The van der Waals surface area contributed by atoms with Crippen LogP contribution in [0.25, 0.3) is 0 Å². The highest BCUT2D eigenvalue weighted by Crippen LogP contribution is 2.12. The molecule has 0 bridgehead atoms. The molecular formula is C16H30N2O3. The number of nitrogens with one attached hydrogen (secondary N) is 1. The second-order valence-corrected chi connectivity index (χ2v) is 6.68. The predicted octanol–water partition coefficient (Wildman–Crippen LogP) is 2.91. The van der Waals surface area contributed by atoms with Crippen LogP contribution < -0.4 is 5.32 Å². The Kier molecular flexibility index (Phi) is 7.02. The molecule has 0 saturated carbocycles. The van der Waals surface area contributed by atoms with Crippen LogP contribution in [0.1, 0.15) is 47.5 Å². The summed E-state index contributed by atoms with van der Waals surface area (Å²) in [5.41, 5.74) is -0.458. The van der Waals surface area contributed by atoms with E-state index < -0.39 is 5.60 Å². The lowest BCUT2D eigenvalue weighted by molar-refractivity contribution is 0.0192. The number of ether oxygens (including phenoxy) is 2. The van der Waals surface area contributed by atoms with E-state index in [-0.39, 0.29) is 18.2 Å². The number of allylic oxidation sites excluding steroid dienone is 1. The third-order valence-corrected chi connectivity index (χ3v) is 3.18. The van der Waals surface area contributed by atoms with Crippen LogP contribution in [0.3, 0.4) is 0 Å². The molecule has 5 nitrogen and oxygen atoms in total. The fourth-order valence-electron chi connectivity index (χ4n) is 2.08. The largest absolute Gasteiger partial charge is 0.497 e. The first-order valence-electron chi connectivity index (χ1n) is 7.80. The molecule has 21 heavy (non-hydrogen) atoms. The van der Waals surface area contributed by atoms with Gasteiger partial charge in [-0.3, -0.25) is 0 Å². The van der Waals surface area contributed by atoms with E-state index in [0.717, 1.165) is 25.9 Å². The maximum absolute atomic E-state index is 12.1. The average Bonchev–Trinajstić information content (AvgIpc) is 2.37. The van der Waals surface area contributed by atoms with Crippen molar-refractivity contribution in [2.45, 2.75) is 65.2 Å². The lowest BCUT2D eigenvalue weighted by Crippen LogP contribution is -2.45. The molecule has 1 N–H and O–H groups in total. The number of rotatable bonds is 6. The van der Waals surface area contributed by atoms with Crippen LogP contribution in [-0.2, 0) is 9.47 Å². The molecule has 1 atom stereocenters. The molecule has 0 aromatic rings. The first kappa shape index (κ1) is 17.8. The van der Waals surface area contributed by atoms with Crippen LogP contribution in [0, 0.1) is 0 Å². The summed E-state index contributed by atoms with van der Waals surface area (Å²) in [6.45, 7) is 11.8. The monoisotopic (exact) mass is 298 g/mol.